The molecule has 1 unspecified atom stereocenters. The van der Waals surface area contributed by atoms with Crippen molar-refractivity contribution in [2.24, 2.45) is 5.73 Å². The number of rotatable bonds is 2. The molecule has 2 aliphatic heterocycles. The van der Waals surface area contributed by atoms with Gasteiger partial charge in [0.15, 0.2) is 0 Å². The highest BCUT2D eigenvalue weighted by atomic mass is 15.2. The van der Waals surface area contributed by atoms with Crippen LogP contribution in [0.15, 0.2) is 11.6 Å². The van der Waals surface area contributed by atoms with Crippen molar-refractivity contribution in [3.05, 3.63) is 11.6 Å². The summed E-state index contributed by atoms with van der Waals surface area (Å²) in [5.74, 6) is 0. The fourth-order valence-electron chi connectivity index (χ4n) is 2.46. The van der Waals surface area contributed by atoms with Crippen LogP contribution in [-0.4, -0.2) is 30.6 Å². The van der Waals surface area contributed by atoms with Crippen molar-refractivity contribution in [3.63, 3.8) is 0 Å². The Kier molecular flexibility index (Phi) is 2.47. The first-order chi connectivity index (χ1) is 5.92. The first kappa shape index (κ1) is 8.27. The van der Waals surface area contributed by atoms with Crippen LogP contribution in [0.3, 0.4) is 0 Å². The molecule has 0 aromatic heterocycles. The maximum absolute atomic E-state index is 5.49. The molecule has 2 N–H and O–H groups in total. The van der Waals surface area contributed by atoms with Crippen LogP contribution in [-0.2, 0) is 0 Å². The lowest BCUT2D eigenvalue weighted by atomic mass is 10.0. The van der Waals surface area contributed by atoms with Gasteiger partial charge < -0.3 is 5.73 Å². The van der Waals surface area contributed by atoms with Crippen LogP contribution in [0, 0.1) is 0 Å². The summed E-state index contributed by atoms with van der Waals surface area (Å²) in [6.07, 6.45) is 7.52. The Morgan fingerprint density at radius 3 is 3.25 bits per heavy atom. The number of nitrogens with two attached hydrogens (primary N) is 1. The number of nitrogens with zero attached hydrogens (tertiary/aromatic N) is 1. The summed E-state index contributed by atoms with van der Waals surface area (Å²) in [6.45, 7) is 3.42. The molecule has 2 rings (SSSR count). The van der Waals surface area contributed by atoms with Crippen LogP contribution >= 0.6 is 0 Å². The summed E-state index contributed by atoms with van der Waals surface area (Å²) < 4.78 is 0. The van der Waals surface area contributed by atoms with Gasteiger partial charge in [0.25, 0.3) is 0 Å². The molecule has 2 saturated heterocycles. The highest BCUT2D eigenvalue weighted by Crippen LogP contribution is 2.31. The van der Waals surface area contributed by atoms with Gasteiger partial charge in [-0.1, -0.05) is 11.6 Å². The minimum absolute atomic E-state index is 0.802. The van der Waals surface area contributed by atoms with E-state index in [4.69, 9.17) is 5.73 Å². The van der Waals surface area contributed by atoms with Crippen LogP contribution in [0.4, 0.5) is 0 Å². The van der Waals surface area contributed by atoms with Gasteiger partial charge in [0.2, 0.25) is 0 Å². The Balaban J connectivity index is 1.99. The SMILES string of the molecule is NCC/C=C1/CCN2CCCC12. The standard InChI is InChI=1S/C10H18N2/c11-6-1-3-9-5-8-12-7-2-4-10(9)12/h3,10H,1-2,4-8,11H2/b9-3-. The molecule has 2 nitrogen and oxygen atoms in total. The molecule has 12 heavy (non-hydrogen) atoms. The molecule has 0 saturated carbocycles. The molecule has 0 bridgehead atoms. The van der Waals surface area contributed by atoms with Gasteiger partial charge in [0.05, 0.1) is 0 Å². The smallest absolute Gasteiger partial charge is 0.0308 e. The molecule has 0 amide bonds. The van der Waals surface area contributed by atoms with Gasteiger partial charge in [0.1, 0.15) is 0 Å². The molecule has 0 spiro atoms. The fraction of sp³-hybridized carbons (Fsp3) is 0.800. The minimum atomic E-state index is 0.802. The van der Waals surface area contributed by atoms with E-state index in [1.807, 2.05) is 0 Å². The van der Waals surface area contributed by atoms with Crippen molar-refractivity contribution in [3.8, 4) is 0 Å². The third kappa shape index (κ3) is 1.41. The molecular formula is C10H18N2. The van der Waals surface area contributed by atoms with Crippen LogP contribution in [0.5, 0.6) is 0 Å². The molecule has 2 aliphatic rings. The number of hydrogen-bond donors (Lipinski definition) is 1. The van der Waals surface area contributed by atoms with Crippen LogP contribution in [0.1, 0.15) is 25.7 Å². The fourth-order valence-corrected chi connectivity index (χ4v) is 2.46. The lowest BCUT2D eigenvalue weighted by Crippen LogP contribution is -2.22. The Hall–Kier alpha value is -0.340. The Labute approximate surface area is 74.4 Å². The lowest BCUT2D eigenvalue weighted by Gasteiger charge is -2.14. The molecular weight excluding hydrogens is 148 g/mol. The summed E-state index contributed by atoms with van der Waals surface area (Å²) in [5.41, 5.74) is 7.15. The van der Waals surface area contributed by atoms with Crippen molar-refractivity contribution in [2.45, 2.75) is 31.7 Å². The minimum Gasteiger partial charge on any atom is -0.330 e. The predicted octanol–water partition coefficient (Wildman–Crippen LogP) is 1.13. The summed E-state index contributed by atoms with van der Waals surface area (Å²) in [7, 11) is 0. The molecule has 68 valence electrons. The van der Waals surface area contributed by atoms with E-state index in [0.29, 0.717) is 0 Å². The zero-order valence-electron chi connectivity index (χ0n) is 7.63. The summed E-state index contributed by atoms with van der Waals surface area (Å²) in [4.78, 5) is 2.61. The van der Waals surface area contributed by atoms with E-state index in [9.17, 15) is 0 Å². The summed E-state index contributed by atoms with van der Waals surface area (Å²) in [5, 5.41) is 0. The highest BCUT2D eigenvalue weighted by Gasteiger charge is 2.31. The first-order valence-electron chi connectivity index (χ1n) is 5.05. The van der Waals surface area contributed by atoms with E-state index in [2.05, 4.69) is 11.0 Å². The molecule has 2 heteroatoms. The average molecular weight is 166 g/mol. The second-order valence-electron chi connectivity index (χ2n) is 3.80. The van der Waals surface area contributed by atoms with Gasteiger partial charge >= 0.3 is 0 Å². The number of hydrogen-bond acceptors (Lipinski definition) is 2. The zero-order valence-corrected chi connectivity index (χ0v) is 7.63. The lowest BCUT2D eigenvalue weighted by molar-refractivity contribution is 0.338. The quantitative estimate of drug-likeness (QED) is 0.623. The maximum atomic E-state index is 5.49. The van der Waals surface area contributed by atoms with Gasteiger partial charge in [-0.3, -0.25) is 4.90 Å². The zero-order chi connectivity index (χ0) is 8.39. The summed E-state index contributed by atoms with van der Waals surface area (Å²) >= 11 is 0. The normalized spacial score (nSPS) is 33.1. The molecule has 0 radical (unpaired) electrons. The average Bonchev–Trinajstić information content (AvgIpc) is 2.62. The topological polar surface area (TPSA) is 29.3 Å². The van der Waals surface area contributed by atoms with Crippen LogP contribution in [0.25, 0.3) is 0 Å². The van der Waals surface area contributed by atoms with Gasteiger partial charge in [-0.25, -0.2) is 0 Å². The van der Waals surface area contributed by atoms with Gasteiger partial charge in [0, 0.05) is 12.6 Å². The maximum Gasteiger partial charge on any atom is 0.0308 e. The highest BCUT2D eigenvalue weighted by molar-refractivity contribution is 5.18. The van der Waals surface area contributed by atoms with Gasteiger partial charge in [-0.05, 0) is 38.8 Å². The molecule has 1 atom stereocenters. The van der Waals surface area contributed by atoms with E-state index in [1.54, 1.807) is 5.57 Å². The van der Waals surface area contributed by atoms with Crippen LogP contribution < -0.4 is 5.73 Å². The van der Waals surface area contributed by atoms with Crippen molar-refractivity contribution < 1.29 is 0 Å². The Bertz CT molecular complexity index is 186. The van der Waals surface area contributed by atoms with Crippen molar-refractivity contribution in [2.75, 3.05) is 19.6 Å². The molecule has 0 aromatic rings. The van der Waals surface area contributed by atoms with Gasteiger partial charge in [-0.2, -0.15) is 0 Å². The molecule has 2 heterocycles. The third-order valence-electron chi connectivity index (χ3n) is 3.05. The number of fused-ring (bicyclic) bond motifs is 1. The van der Waals surface area contributed by atoms with E-state index in [1.165, 1.54) is 32.4 Å². The predicted molar refractivity (Wildman–Crippen MR) is 51.0 cm³/mol. The second-order valence-corrected chi connectivity index (χ2v) is 3.80. The first-order valence-corrected chi connectivity index (χ1v) is 5.05. The third-order valence-corrected chi connectivity index (χ3v) is 3.05. The summed E-state index contributed by atoms with van der Waals surface area (Å²) in [6, 6.07) is 0.802. The van der Waals surface area contributed by atoms with Crippen LogP contribution in [0.2, 0.25) is 0 Å². The van der Waals surface area contributed by atoms with E-state index < -0.39 is 0 Å². The van der Waals surface area contributed by atoms with E-state index >= 15 is 0 Å². The second kappa shape index (κ2) is 3.58. The van der Waals surface area contributed by atoms with E-state index in [-0.39, 0.29) is 0 Å². The van der Waals surface area contributed by atoms with E-state index in [0.717, 1.165) is 19.0 Å². The molecule has 0 aromatic carbocycles. The Morgan fingerprint density at radius 1 is 1.50 bits per heavy atom. The van der Waals surface area contributed by atoms with Gasteiger partial charge in [-0.15, -0.1) is 0 Å². The Morgan fingerprint density at radius 2 is 2.42 bits per heavy atom. The van der Waals surface area contributed by atoms with Crippen molar-refractivity contribution in [1.29, 1.82) is 0 Å². The largest absolute Gasteiger partial charge is 0.330 e. The van der Waals surface area contributed by atoms with Crippen molar-refractivity contribution in [1.82, 2.24) is 4.90 Å². The monoisotopic (exact) mass is 166 g/mol. The molecule has 0 aliphatic carbocycles. The molecule has 2 fully saturated rings. The van der Waals surface area contributed by atoms with Crippen molar-refractivity contribution >= 4 is 0 Å².